The summed E-state index contributed by atoms with van der Waals surface area (Å²) in [4.78, 5) is 26.8. The van der Waals surface area contributed by atoms with E-state index in [4.69, 9.17) is 9.26 Å². The number of likely N-dealkylation sites (tertiary alicyclic amines) is 1. The minimum absolute atomic E-state index is 0.216. The van der Waals surface area contributed by atoms with Crippen LogP contribution in [0, 0.1) is 5.82 Å². The van der Waals surface area contributed by atoms with Gasteiger partial charge in [-0.15, -0.1) is 0 Å². The molecule has 2 amide bonds. The number of nitrogens with zero attached hydrogens (tertiary/aromatic N) is 5. The van der Waals surface area contributed by atoms with Crippen LogP contribution in [-0.2, 0) is 0 Å². The number of carbonyl (C=O) groups is 1. The number of anilines is 1. The van der Waals surface area contributed by atoms with E-state index >= 15 is 0 Å². The van der Waals surface area contributed by atoms with Crippen LogP contribution < -0.4 is 10.1 Å². The van der Waals surface area contributed by atoms with Crippen LogP contribution in [-0.4, -0.2) is 50.2 Å². The van der Waals surface area contributed by atoms with Crippen LogP contribution >= 0.6 is 0 Å². The summed E-state index contributed by atoms with van der Waals surface area (Å²) in [6.07, 6.45) is 5.11. The van der Waals surface area contributed by atoms with Crippen LogP contribution in [0.5, 0.6) is 5.75 Å². The molecule has 0 radical (unpaired) electrons. The van der Waals surface area contributed by atoms with Crippen molar-refractivity contribution in [3.8, 4) is 28.7 Å². The molecule has 0 aliphatic carbocycles. The summed E-state index contributed by atoms with van der Waals surface area (Å²) in [5.74, 6) is 0.790. The SMILES string of the molecule is O=C(Nc1cccc(F)c1)N1CCC(Oc2ccccc2-c2nc(-c3cnccn3)no2)C1. The predicted molar refractivity (Wildman–Crippen MR) is 117 cm³/mol. The Morgan fingerprint density at radius 3 is 2.94 bits per heavy atom. The highest BCUT2D eigenvalue weighted by Crippen LogP contribution is 2.31. The third-order valence-electron chi connectivity index (χ3n) is 5.14. The van der Waals surface area contributed by atoms with Crippen molar-refractivity contribution in [2.45, 2.75) is 12.5 Å². The Bertz CT molecular complexity index is 1270. The monoisotopic (exact) mass is 446 g/mol. The number of carbonyl (C=O) groups excluding carboxylic acids is 1. The van der Waals surface area contributed by atoms with Crippen molar-refractivity contribution in [3.05, 3.63) is 72.9 Å². The second-order valence-electron chi connectivity index (χ2n) is 7.42. The van der Waals surface area contributed by atoms with Crippen molar-refractivity contribution in [2.75, 3.05) is 18.4 Å². The second kappa shape index (κ2) is 9.03. The number of ether oxygens (including phenoxy) is 1. The number of urea groups is 1. The molecule has 1 unspecified atom stereocenters. The zero-order valence-electron chi connectivity index (χ0n) is 17.4. The maximum Gasteiger partial charge on any atom is 0.321 e. The highest BCUT2D eigenvalue weighted by Gasteiger charge is 2.29. The van der Waals surface area contributed by atoms with Gasteiger partial charge in [0.15, 0.2) is 0 Å². The summed E-state index contributed by atoms with van der Waals surface area (Å²) in [5, 5.41) is 6.70. The molecule has 0 bridgehead atoms. The molecule has 1 aliphatic rings. The average Bonchev–Trinajstić information content (AvgIpc) is 3.50. The van der Waals surface area contributed by atoms with Gasteiger partial charge >= 0.3 is 6.03 Å². The minimum Gasteiger partial charge on any atom is -0.488 e. The van der Waals surface area contributed by atoms with E-state index in [1.165, 1.54) is 12.1 Å². The van der Waals surface area contributed by atoms with E-state index < -0.39 is 5.82 Å². The van der Waals surface area contributed by atoms with E-state index in [1.54, 1.807) is 35.6 Å². The van der Waals surface area contributed by atoms with Crippen molar-refractivity contribution in [2.24, 2.45) is 0 Å². The average molecular weight is 446 g/mol. The summed E-state index contributed by atoms with van der Waals surface area (Å²) >= 11 is 0. The minimum atomic E-state index is -0.407. The second-order valence-corrected chi connectivity index (χ2v) is 7.42. The fourth-order valence-electron chi connectivity index (χ4n) is 3.55. The molecule has 2 aromatic carbocycles. The van der Waals surface area contributed by atoms with E-state index in [1.807, 2.05) is 24.3 Å². The van der Waals surface area contributed by atoms with Crippen molar-refractivity contribution in [3.63, 3.8) is 0 Å². The summed E-state index contributed by atoms with van der Waals surface area (Å²) in [7, 11) is 0. The molecule has 1 aliphatic heterocycles. The van der Waals surface area contributed by atoms with E-state index in [0.29, 0.717) is 53.9 Å². The van der Waals surface area contributed by atoms with Gasteiger partial charge < -0.3 is 19.5 Å². The Hall–Kier alpha value is -4.34. The smallest absolute Gasteiger partial charge is 0.321 e. The van der Waals surface area contributed by atoms with E-state index in [-0.39, 0.29) is 12.1 Å². The molecule has 1 fully saturated rings. The molecular weight excluding hydrogens is 427 g/mol. The van der Waals surface area contributed by atoms with E-state index in [2.05, 4.69) is 25.4 Å². The molecule has 0 spiro atoms. The molecule has 33 heavy (non-hydrogen) atoms. The van der Waals surface area contributed by atoms with Crippen LogP contribution in [0.25, 0.3) is 23.0 Å². The number of nitrogens with one attached hydrogen (secondary N) is 1. The molecule has 1 N–H and O–H groups in total. The lowest BCUT2D eigenvalue weighted by atomic mass is 10.2. The number of halogens is 1. The standard InChI is InChI=1S/C23H19FN6O3/c24-15-4-3-5-16(12-15)27-23(31)30-11-8-17(14-30)32-20-7-2-1-6-18(20)22-28-21(29-33-22)19-13-25-9-10-26-19/h1-7,9-10,12-13,17H,8,11,14H2,(H,27,31). The Labute approximate surface area is 188 Å². The lowest BCUT2D eigenvalue weighted by Crippen LogP contribution is -2.34. The largest absolute Gasteiger partial charge is 0.488 e. The highest BCUT2D eigenvalue weighted by molar-refractivity contribution is 5.89. The summed E-state index contributed by atoms with van der Waals surface area (Å²) < 4.78 is 25.0. The summed E-state index contributed by atoms with van der Waals surface area (Å²) in [6.45, 7) is 0.912. The fourth-order valence-corrected chi connectivity index (χ4v) is 3.55. The molecule has 0 saturated carbocycles. The van der Waals surface area contributed by atoms with E-state index in [9.17, 15) is 9.18 Å². The summed E-state index contributed by atoms with van der Waals surface area (Å²) in [6, 6.07) is 12.8. The zero-order valence-corrected chi connectivity index (χ0v) is 17.4. The summed E-state index contributed by atoms with van der Waals surface area (Å²) in [5.41, 5.74) is 1.55. The van der Waals surface area contributed by atoms with Crippen molar-refractivity contribution in [1.29, 1.82) is 0 Å². The van der Waals surface area contributed by atoms with Crippen LogP contribution in [0.2, 0.25) is 0 Å². The quantitative estimate of drug-likeness (QED) is 0.493. The van der Waals surface area contributed by atoms with Gasteiger partial charge in [0.2, 0.25) is 5.82 Å². The molecule has 9 nitrogen and oxygen atoms in total. The van der Waals surface area contributed by atoms with Crippen LogP contribution in [0.4, 0.5) is 14.9 Å². The van der Waals surface area contributed by atoms with Gasteiger partial charge in [-0.3, -0.25) is 4.98 Å². The first-order valence-electron chi connectivity index (χ1n) is 10.3. The van der Waals surface area contributed by atoms with Crippen LogP contribution in [0.15, 0.2) is 71.6 Å². The van der Waals surface area contributed by atoms with Gasteiger partial charge in [-0.25, -0.2) is 14.2 Å². The Morgan fingerprint density at radius 1 is 1.18 bits per heavy atom. The van der Waals surface area contributed by atoms with Gasteiger partial charge in [0, 0.05) is 31.0 Å². The first-order valence-corrected chi connectivity index (χ1v) is 10.3. The number of aromatic nitrogens is 4. The zero-order chi connectivity index (χ0) is 22.6. The topological polar surface area (TPSA) is 106 Å². The van der Waals surface area contributed by atoms with Gasteiger partial charge in [0.25, 0.3) is 5.89 Å². The normalized spacial score (nSPS) is 15.4. The lowest BCUT2D eigenvalue weighted by Gasteiger charge is -2.18. The van der Waals surface area contributed by atoms with Crippen LogP contribution in [0.1, 0.15) is 6.42 Å². The number of benzene rings is 2. The third kappa shape index (κ3) is 4.64. The van der Waals surface area contributed by atoms with Crippen molar-refractivity contribution in [1.82, 2.24) is 25.0 Å². The molecule has 4 aromatic rings. The molecule has 1 saturated heterocycles. The molecular formula is C23H19FN6O3. The van der Waals surface area contributed by atoms with Gasteiger partial charge in [-0.1, -0.05) is 23.4 Å². The van der Waals surface area contributed by atoms with Gasteiger partial charge in [-0.05, 0) is 30.3 Å². The fraction of sp³-hybridized carbons (Fsp3) is 0.174. The maximum absolute atomic E-state index is 13.4. The lowest BCUT2D eigenvalue weighted by molar-refractivity contribution is 0.195. The van der Waals surface area contributed by atoms with Gasteiger partial charge in [0.05, 0.1) is 18.3 Å². The number of amides is 2. The molecule has 2 aromatic heterocycles. The van der Waals surface area contributed by atoms with Crippen LogP contribution in [0.3, 0.4) is 0 Å². The highest BCUT2D eigenvalue weighted by atomic mass is 19.1. The molecule has 10 heteroatoms. The number of hydrogen-bond donors (Lipinski definition) is 1. The predicted octanol–water partition coefficient (Wildman–Crippen LogP) is 4.02. The first kappa shape index (κ1) is 20.6. The molecule has 3 heterocycles. The van der Waals surface area contributed by atoms with Crippen molar-refractivity contribution >= 4 is 11.7 Å². The Morgan fingerprint density at radius 2 is 2.09 bits per heavy atom. The van der Waals surface area contributed by atoms with E-state index in [0.717, 1.165) is 0 Å². The number of rotatable bonds is 5. The Kier molecular flexibility index (Phi) is 5.62. The third-order valence-corrected chi connectivity index (χ3v) is 5.14. The van der Waals surface area contributed by atoms with Gasteiger partial charge in [-0.2, -0.15) is 4.98 Å². The molecule has 1 atom stereocenters. The first-order chi connectivity index (χ1) is 16.2. The van der Waals surface area contributed by atoms with Gasteiger partial charge in [0.1, 0.15) is 23.4 Å². The van der Waals surface area contributed by atoms with Crippen molar-refractivity contribution < 1.29 is 18.4 Å². The maximum atomic E-state index is 13.4. The number of hydrogen-bond acceptors (Lipinski definition) is 7. The molecule has 5 rings (SSSR count). The molecule has 166 valence electrons. The number of para-hydroxylation sites is 1. The Balaban J connectivity index is 1.27.